The van der Waals surface area contributed by atoms with Crippen LogP contribution in [0.4, 0.5) is 0 Å². The number of aromatic nitrogens is 2. The van der Waals surface area contributed by atoms with E-state index in [4.69, 9.17) is 11.6 Å². The standard InChI is InChI=1S/C7H10ClN2/c1-3-6(2)10-5-7(8)4-9-10/h4,6H,3H2,1-2H3. The highest BCUT2D eigenvalue weighted by molar-refractivity contribution is 6.30. The molecule has 0 aliphatic rings. The molecule has 2 nitrogen and oxygen atoms in total. The van der Waals surface area contributed by atoms with E-state index in [9.17, 15) is 0 Å². The number of halogens is 1. The van der Waals surface area contributed by atoms with Crippen molar-refractivity contribution in [3.8, 4) is 0 Å². The molecule has 0 bridgehead atoms. The molecule has 0 fully saturated rings. The van der Waals surface area contributed by atoms with Gasteiger partial charge < -0.3 is 0 Å². The maximum Gasteiger partial charge on any atom is 0.107 e. The fourth-order valence-electron chi connectivity index (χ4n) is 0.677. The molecule has 1 atom stereocenters. The quantitative estimate of drug-likeness (QED) is 0.644. The van der Waals surface area contributed by atoms with Gasteiger partial charge in [-0.05, 0) is 13.3 Å². The van der Waals surface area contributed by atoms with Gasteiger partial charge in [-0.25, -0.2) is 0 Å². The van der Waals surface area contributed by atoms with Gasteiger partial charge in [0.25, 0.3) is 0 Å². The van der Waals surface area contributed by atoms with E-state index in [1.54, 1.807) is 10.9 Å². The Bertz CT molecular complexity index is 207. The summed E-state index contributed by atoms with van der Waals surface area (Å²) < 4.78 is 1.75. The van der Waals surface area contributed by atoms with Crippen LogP contribution in [0.3, 0.4) is 0 Å². The lowest BCUT2D eigenvalue weighted by Crippen LogP contribution is -2.03. The summed E-state index contributed by atoms with van der Waals surface area (Å²) in [6.45, 7) is 4.19. The first kappa shape index (κ1) is 7.61. The van der Waals surface area contributed by atoms with Gasteiger partial charge >= 0.3 is 0 Å². The van der Waals surface area contributed by atoms with Gasteiger partial charge in [0.05, 0.1) is 11.2 Å². The summed E-state index contributed by atoms with van der Waals surface area (Å²) in [5, 5.41) is 4.60. The lowest BCUT2D eigenvalue weighted by Gasteiger charge is -2.06. The molecule has 1 aromatic rings. The van der Waals surface area contributed by atoms with Crippen LogP contribution in [0.1, 0.15) is 26.3 Å². The molecular formula is C7H10ClN2. The van der Waals surface area contributed by atoms with Crippen LogP contribution >= 0.6 is 11.6 Å². The van der Waals surface area contributed by atoms with Gasteiger partial charge in [0, 0.05) is 6.04 Å². The van der Waals surface area contributed by atoms with Crippen LogP contribution in [0.25, 0.3) is 0 Å². The lowest BCUT2D eigenvalue weighted by atomic mass is 10.3. The normalized spacial score (nSPS) is 13.5. The Labute approximate surface area is 65.8 Å². The summed E-state index contributed by atoms with van der Waals surface area (Å²) in [5.74, 6) is 0. The first-order chi connectivity index (χ1) is 4.74. The van der Waals surface area contributed by atoms with E-state index < -0.39 is 0 Å². The Morgan fingerprint density at radius 2 is 2.60 bits per heavy atom. The Balaban J connectivity index is 2.74. The second kappa shape index (κ2) is 3.06. The van der Waals surface area contributed by atoms with Crippen LogP contribution in [-0.4, -0.2) is 9.78 Å². The van der Waals surface area contributed by atoms with E-state index in [0.29, 0.717) is 11.1 Å². The van der Waals surface area contributed by atoms with E-state index in [0.717, 1.165) is 6.42 Å². The van der Waals surface area contributed by atoms with Crippen LogP contribution in [-0.2, 0) is 0 Å². The summed E-state index contributed by atoms with van der Waals surface area (Å²) in [6.07, 6.45) is 5.55. The maximum atomic E-state index is 5.62. The second-order valence-corrected chi connectivity index (χ2v) is 2.71. The van der Waals surface area contributed by atoms with Crippen LogP contribution in [0.15, 0.2) is 6.20 Å². The fourth-order valence-corrected chi connectivity index (χ4v) is 0.807. The van der Waals surface area contributed by atoms with Crippen LogP contribution in [0.2, 0.25) is 5.02 Å². The summed E-state index contributed by atoms with van der Waals surface area (Å²) in [5.41, 5.74) is 0. The molecule has 3 heteroatoms. The topological polar surface area (TPSA) is 17.8 Å². The van der Waals surface area contributed by atoms with Gasteiger partial charge in [0.1, 0.15) is 6.20 Å². The molecule has 55 valence electrons. The smallest absolute Gasteiger partial charge is 0.107 e. The van der Waals surface area contributed by atoms with E-state index in [-0.39, 0.29) is 0 Å². The molecule has 0 saturated carbocycles. The molecule has 1 radical (unpaired) electrons. The minimum atomic E-state index is 0.396. The third-order valence-electron chi connectivity index (χ3n) is 1.53. The minimum Gasteiger partial charge on any atom is -0.259 e. The summed E-state index contributed by atoms with van der Waals surface area (Å²) in [6, 6.07) is 0.396. The van der Waals surface area contributed by atoms with E-state index in [1.165, 1.54) is 0 Å². The molecule has 1 heterocycles. The van der Waals surface area contributed by atoms with Crippen LogP contribution < -0.4 is 0 Å². The zero-order valence-electron chi connectivity index (χ0n) is 6.13. The highest BCUT2D eigenvalue weighted by Gasteiger charge is 2.02. The zero-order chi connectivity index (χ0) is 7.56. The van der Waals surface area contributed by atoms with Crippen molar-refractivity contribution in [2.75, 3.05) is 0 Å². The molecular weight excluding hydrogens is 148 g/mol. The summed E-state index contributed by atoms with van der Waals surface area (Å²) >= 11 is 5.62. The lowest BCUT2D eigenvalue weighted by molar-refractivity contribution is 0.475. The minimum absolute atomic E-state index is 0.396. The number of rotatable bonds is 2. The molecule has 0 aromatic carbocycles. The highest BCUT2D eigenvalue weighted by Crippen LogP contribution is 2.11. The number of hydrogen-bond donors (Lipinski definition) is 0. The molecule has 0 N–H and O–H groups in total. The van der Waals surface area contributed by atoms with Crippen LogP contribution in [0.5, 0.6) is 0 Å². The Kier molecular flexibility index (Phi) is 2.33. The summed E-state index contributed by atoms with van der Waals surface area (Å²) in [4.78, 5) is 0. The van der Waals surface area contributed by atoms with E-state index in [2.05, 4.69) is 25.1 Å². The Morgan fingerprint density at radius 3 is 3.00 bits per heavy atom. The molecule has 0 spiro atoms. The molecule has 10 heavy (non-hydrogen) atoms. The number of hydrogen-bond acceptors (Lipinski definition) is 1. The van der Waals surface area contributed by atoms with Gasteiger partial charge in [-0.15, -0.1) is 0 Å². The predicted molar refractivity (Wildman–Crippen MR) is 41.1 cm³/mol. The highest BCUT2D eigenvalue weighted by atomic mass is 35.5. The van der Waals surface area contributed by atoms with E-state index >= 15 is 0 Å². The Hall–Kier alpha value is -0.500. The van der Waals surface area contributed by atoms with Gasteiger partial charge in [0.2, 0.25) is 0 Å². The fraction of sp³-hybridized carbons (Fsp3) is 0.571. The molecule has 1 unspecified atom stereocenters. The first-order valence-electron chi connectivity index (χ1n) is 3.36. The van der Waals surface area contributed by atoms with Gasteiger partial charge in [-0.1, -0.05) is 18.5 Å². The molecule has 0 amide bonds. The zero-order valence-corrected chi connectivity index (χ0v) is 6.89. The van der Waals surface area contributed by atoms with E-state index in [1.807, 2.05) is 0 Å². The van der Waals surface area contributed by atoms with Crippen molar-refractivity contribution in [2.24, 2.45) is 0 Å². The largest absolute Gasteiger partial charge is 0.259 e. The van der Waals surface area contributed by atoms with Crippen molar-refractivity contribution in [2.45, 2.75) is 26.3 Å². The number of nitrogens with zero attached hydrogens (tertiary/aromatic N) is 2. The Morgan fingerprint density at radius 1 is 1.90 bits per heavy atom. The average Bonchev–Trinajstić information content (AvgIpc) is 2.34. The van der Waals surface area contributed by atoms with Crippen molar-refractivity contribution in [1.82, 2.24) is 9.78 Å². The summed E-state index contributed by atoms with van der Waals surface area (Å²) in [7, 11) is 0. The van der Waals surface area contributed by atoms with Gasteiger partial charge in [-0.3, -0.25) is 4.68 Å². The van der Waals surface area contributed by atoms with Crippen molar-refractivity contribution >= 4 is 11.6 Å². The third-order valence-corrected chi connectivity index (χ3v) is 1.71. The van der Waals surface area contributed by atoms with Crippen molar-refractivity contribution < 1.29 is 0 Å². The molecule has 0 aliphatic heterocycles. The molecule has 0 aliphatic carbocycles. The molecule has 0 saturated heterocycles. The second-order valence-electron chi connectivity index (χ2n) is 2.31. The average molecular weight is 158 g/mol. The van der Waals surface area contributed by atoms with Crippen molar-refractivity contribution in [3.63, 3.8) is 0 Å². The molecule has 1 rings (SSSR count). The SMILES string of the molecule is CCC(C)n1[c]c(Cl)cn1. The third kappa shape index (κ3) is 1.51. The van der Waals surface area contributed by atoms with Gasteiger partial charge in [-0.2, -0.15) is 5.10 Å². The molecule has 1 aromatic heterocycles. The predicted octanol–water partition coefficient (Wildman–Crippen LogP) is 2.31. The van der Waals surface area contributed by atoms with Gasteiger partial charge in [0.15, 0.2) is 0 Å². The van der Waals surface area contributed by atoms with Crippen molar-refractivity contribution in [1.29, 1.82) is 0 Å². The van der Waals surface area contributed by atoms with Crippen molar-refractivity contribution in [3.05, 3.63) is 17.4 Å². The maximum absolute atomic E-state index is 5.62. The van der Waals surface area contributed by atoms with Crippen LogP contribution in [0, 0.1) is 6.20 Å². The monoisotopic (exact) mass is 157 g/mol. The first-order valence-corrected chi connectivity index (χ1v) is 3.74.